The van der Waals surface area contributed by atoms with Crippen molar-refractivity contribution in [2.24, 2.45) is 0 Å². The molecule has 178 valence electrons. The van der Waals surface area contributed by atoms with Crippen LogP contribution in [0.5, 0.6) is 0 Å². The summed E-state index contributed by atoms with van der Waals surface area (Å²) in [5, 5.41) is 16.7. The molecular weight excluding hydrogens is 462 g/mol. The van der Waals surface area contributed by atoms with Gasteiger partial charge in [0.25, 0.3) is 0 Å². The van der Waals surface area contributed by atoms with Gasteiger partial charge in [-0.2, -0.15) is 0 Å². The van der Waals surface area contributed by atoms with Gasteiger partial charge < -0.3 is 20.3 Å². The first kappa shape index (κ1) is 24.1. The predicted molar refractivity (Wildman–Crippen MR) is 141 cm³/mol. The average molecular weight is 488 g/mol. The number of aromatic nitrogens is 1. The number of para-hydroxylation sites is 1. The van der Waals surface area contributed by atoms with Gasteiger partial charge in [0.2, 0.25) is 11.8 Å². The largest absolute Gasteiger partial charge is 0.478 e. The number of aliphatic carboxylic acids is 1. The van der Waals surface area contributed by atoms with Gasteiger partial charge in [-0.1, -0.05) is 18.2 Å². The second-order valence-electron chi connectivity index (χ2n) is 7.98. The van der Waals surface area contributed by atoms with E-state index in [2.05, 4.69) is 34.3 Å². The van der Waals surface area contributed by atoms with Gasteiger partial charge in [0.05, 0.1) is 5.75 Å². The maximum Gasteiger partial charge on any atom is 0.331 e. The van der Waals surface area contributed by atoms with Gasteiger partial charge in [0.1, 0.15) is 0 Å². The fourth-order valence-corrected chi connectivity index (χ4v) is 4.59. The SMILES string of the molecule is CCn1c2ccccc2c2cc(NC(=O)CSc3ccc(NC(=O)/C=C(\C)C(=O)O)cc3)ccc21. The highest BCUT2D eigenvalue weighted by Crippen LogP contribution is 2.31. The molecule has 7 nitrogen and oxygen atoms in total. The number of carbonyl (C=O) groups is 3. The molecule has 1 aromatic heterocycles. The molecule has 0 fully saturated rings. The number of carboxylic acid groups (broad SMARTS) is 1. The standard InChI is InChI=1S/C27H25N3O4S/c1-3-30-23-7-5-4-6-21(23)22-15-19(10-13-24(22)30)29-26(32)16-35-20-11-8-18(9-12-20)28-25(31)14-17(2)27(33)34/h4-15H,3,16H2,1-2H3,(H,28,31)(H,29,32)(H,33,34)/b17-14+. The van der Waals surface area contributed by atoms with Crippen LogP contribution in [-0.4, -0.2) is 33.2 Å². The number of fused-ring (bicyclic) bond motifs is 3. The molecule has 3 aromatic carbocycles. The molecule has 1 heterocycles. The molecule has 8 heteroatoms. The van der Waals surface area contributed by atoms with Crippen molar-refractivity contribution in [1.29, 1.82) is 0 Å². The van der Waals surface area contributed by atoms with Gasteiger partial charge in [0, 0.05) is 56.3 Å². The Kier molecular flexibility index (Phi) is 7.22. The minimum absolute atomic E-state index is 0.0454. The second kappa shape index (κ2) is 10.5. The molecule has 0 aliphatic carbocycles. The number of nitrogens with zero attached hydrogens (tertiary/aromatic N) is 1. The molecule has 0 aliphatic rings. The van der Waals surface area contributed by atoms with Gasteiger partial charge in [-0.15, -0.1) is 11.8 Å². The van der Waals surface area contributed by atoms with Gasteiger partial charge in [-0.25, -0.2) is 4.79 Å². The van der Waals surface area contributed by atoms with Crippen LogP contribution >= 0.6 is 11.8 Å². The quantitative estimate of drug-likeness (QED) is 0.225. The van der Waals surface area contributed by atoms with Crippen molar-refractivity contribution in [2.45, 2.75) is 25.3 Å². The molecular formula is C27H25N3O4S. The summed E-state index contributed by atoms with van der Waals surface area (Å²) in [4.78, 5) is 36.1. The summed E-state index contributed by atoms with van der Waals surface area (Å²) in [5.74, 6) is -1.53. The Morgan fingerprint density at radius 2 is 1.60 bits per heavy atom. The van der Waals surface area contributed by atoms with Crippen molar-refractivity contribution in [3.8, 4) is 0 Å². The molecule has 0 atom stereocenters. The summed E-state index contributed by atoms with van der Waals surface area (Å²) in [7, 11) is 0. The first-order chi connectivity index (χ1) is 16.9. The second-order valence-corrected chi connectivity index (χ2v) is 9.03. The Hall–Kier alpha value is -4.04. The number of rotatable bonds is 8. The minimum Gasteiger partial charge on any atom is -0.478 e. The topological polar surface area (TPSA) is 100 Å². The number of hydrogen-bond donors (Lipinski definition) is 3. The minimum atomic E-state index is -1.14. The summed E-state index contributed by atoms with van der Waals surface area (Å²) in [6.07, 6.45) is 1.03. The zero-order chi connectivity index (χ0) is 24.9. The van der Waals surface area contributed by atoms with Crippen LogP contribution in [0.1, 0.15) is 13.8 Å². The lowest BCUT2D eigenvalue weighted by molar-refractivity contribution is -0.132. The first-order valence-electron chi connectivity index (χ1n) is 11.1. The Labute approximate surface area is 206 Å². The van der Waals surface area contributed by atoms with Gasteiger partial charge in [-0.3, -0.25) is 9.59 Å². The van der Waals surface area contributed by atoms with Crippen molar-refractivity contribution in [3.05, 3.63) is 78.4 Å². The van der Waals surface area contributed by atoms with Crippen LogP contribution in [0.4, 0.5) is 11.4 Å². The Morgan fingerprint density at radius 3 is 2.31 bits per heavy atom. The van der Waals surface area contributed by atoms with Crippen LogP contribution in [-0.2, 0) is 20.9 Å². The van der Waals surface area contributed by atoms with Crippen molar-refractivity contribution in [1.82, 2.24) is 4.57 Å². The molecule has 4 rings (SSSR count). The number of carbonyl (C=O) groups excluding carboxylic acids is 2. The Morgan fingerprint density at radius 1 is 0.914 bits per heavy atom. The Balaban J connectivity index is 1.37. The highest BCUT2D eigenvalue weighted by Gasteiger charge is 2.11. The molecule has 0 radical (unpaired) electrons. The molecule has 3 N–H and O–H groups in total. The number of benzene rings is 3. The van der Waals surface area contributed by atoms with Crippen molar-refractivity contribution in [3.63, 3.8) is 0 Å². The number of thioether (sulfide) groups is 1. The fraction of sp³-hybridized carbons (Fsp3) is 0.148. The van der Waals surface area contributed by atoms with Crippen molar-refractivity contribution < 1.29 is 19.5 Å². The third-order valence-corrected chi connectivity index (χ3v) is 6.56. The zero-order valence-electron chi connectivity index (χ0n) is 19.4. The van der Waals surface area contributed by atoms with E-state index in [0.29, 0.717) is 5.69 Å². The molecule has 0 saturated heterocycles. The molecule has 0 spiro atoms. The van der Waals surface area contributed by atoms with E-state index < -0.39 is 11.9 Å². The summed E-state index contributed by atoms with van der Waals surface area (Å²) in [6, 6.07) is 21.3. The van der Waals surface area contributed by atoms with Gasteiger partial charge in [0.15, 0.2) is 0 Å². The predicted octanol–water partition coefficient (Wildman–Crippen LogP) is 5.51. The van der Waals surface area contributed by atoms with E-state index in [0.717, 1.165) is 39.5 Å². The van der Waals surface area contributed by atoms with E-state index in [4.69, 9.17) is 5.11 Å². The molecule has 0 unspecified atom stereocenters. The number of anilines is 2. The molecule has 0 saturated carbocycles. The maximum absolute atomic E-state index is 12.6. The molecule has 35 heavy (non-hydrogen) atoms. The van der Waals surface area contributed by atoms with E-state index in [-0.39, 0.29) is 17.2 Å². The molecule has 0 aliphatic heterocycles. The highest BCUT2D eigenvalue weighted by atomic mass is 32.2. The Bertz CT molecular complexity index is 1450. The molecule has 0 bridgehead atoms. The van der Waals surface area contributed by atoms with E-state index in [9.17, 15) is 14.4 Å². The van der Waals surface area contributed by atoms with E-state index in [1.165, 1.54) is 24.2 Å². The lowest BCUT2D eigenvalue weighted by atomic mass is 10.1. The monoisotopic (exact) mass is 487 g/mol. The first-order valence-corrected chi connectivity index (χ1v) is 12.1. The lowest BCUT2D eigenvalue weighted by Crippen LogP contribution is -2.14. The van der Waals surface area contributed by atoms with Gasteiger partial charge >= 0.3 is 5.97 Å². The van der Waals surface area contributed by atoms with Crippen LogP contribution in [0, 0.1) is 0 Å². The maximum atomic E-state index is 12.6. The van der Waals surface area contributed by atoms with E-state index in [1.807, 2.05) is 30.3 Å². The van der Waals surface area contributed by atoms with E-state index in [1.54, 1.807) is 24.3 Å². The summed E-state index contributed by atoms with van der Waals surface area (Å²) < 4.78 is 2.27. The van der Waals surface area contributed by atoms with E-state index >= 15 is 0 Å². The molecule has 2 amide bonds. The fourth-order valence-electron chi connectivity index (χ4n) is 3.89. The number of amides is 2. The van der Waals surface area contributed by atoms with Crippen LogP contribution in [0.15, 0.2) is 83.3 Å². The third-order valence-electron chi connectivity index (χ3n) is 5.55. The van der Waals surface area contributed by atoms with Crippen LogP contribution in [0.25, 0.3) is 21.8 Å². The normalized spacial score (nSPS) is 11.5. The van der Waals surface area contributed by atoms with Crippen LogP contribution < -0.4 is 10.6 Å². The lowest BCUT2D eigenvalue weighted by Gasteiger charge is -2.08. The van der Waals surface area contributed by atoms with Gasteiger partial charge in [-0.05, 0) is 62.4 Å². The number of carboxylic acids is 1. The van der Waals surface area contributed by atoms with Crippen LogP contribution in [0.2, 0.25) is 0 Å². The summed E-state index contributed by atoms with van der Waals surface area (Å²) in [5.41, 5.74) is 3.57. The summed E-state index contributed by atoms with van der Waals surface area (Å²) >= 11 is 1.39. The number of hydrogen-bond acceptors (Lipinski definition) is 4. The molecule has 4 aromatic rings. The average Bonchev–Trinajstić information content (AvgIpc) is 3.16. The zero-order valence-corrected chi connectivity index (χ0v) is 20.2. The summed E-state index contributed by atoms with van der Waals surface area (Å²) in [6.45, 7) is 4.35. The van der Waals surface area contributed by atoms with Crippen molar-refractivity contribution >= 4 is 62.7 Å². The number of nitrogens with one attached hydrogen (secondary N) is 2. The highest BCUT2D eigenvalue weighted by molar-refractivity contribution is 8.00. The smallest absolute Gasteiger partial charge is 0.331 e. The van der Waals surface area contributed by atoms with Crippen molar-refractivity contribution in [2.75, 3.05) is 16.4 Å². The van der Waals surface area contributed by atoms with Crippen LogP contribution in [0.3, 0.4) is 0 Å². The third kappa shape index (κ3) is 5.55. The number of aryl methyl sites for hydroxylation is 1.